The molecule has 21 heavy (non-hydrogen) atoms. The lowest BCUT2D eigenvalue weighted by atomic mass is 9.91. The summed E-state index contributed by atoms with van der Waals surface area (Å²) >= 11 is 0. The van der Waals surface area contributed by atoms with E-state index in [0.717, 1.165) is 25.9 Å². The number of rotatable bonds is 4. The van der Waals surface area contributed by atoms with Crippen LogP contribution in [0.4, 0.5) is 0 Å². The van der Waals surface area contributed by atoms with Crippen LogP contribution in [0.25, 0.3) is 0 Å². The highest BCUT2D eigenvalue weighted by atomic mass is 35.5. The van der Waals surface area contributed by atoms with Crippen LogP contribution in [0.2, 0.25) is 0 Å². The van der Waals surface area contributed by atoms with Gasteiger partial charge in [0.1, 0.15) is 0 Å². The zero-order chi connectivity index (χ0) is 15.3. The zero-order valence-electron chi connectivity index (χ0n) is 13.6. The first-order valence-electron chi connectivity index (χ1n) is 7.49. The molecule has 6 heteroatoms. The Hall–Kier alpha value is -0.810. The lowest BCUT2D eigenvalue weighted by Crippen LogP contribution is -2.46. The number of piperidine rings is 1. The summed E-state index contributed by atoms with van der Waals surface area (Å²) in [5.74, 6) is 0.459. The van der Waals surface area contributed by atoms with Gasteiger partial charge in [0.05, 0.1) is 6.54 Å². The molecule has 1 unspecified atom stereocenters. The molecule has 1 rings (SSSR count). The summed E-state index contributed by atoms with van der Waals surface area (Å²) < 4.78 is 0. The van der Waals surface area contributed by atoms with E-state index in [-0.39, 0.29) is 42.2 Å². The summed E-state index contributed by atoms with van der Waals surface area (Å²) in [5.41, 5.74) is 5.83. The van der Waals surface area contributed by atoms with Crippen LogP contribution >= 0.6 is 12.4 Å². The van der Waals surface area contributed by atoms with E-state index in [0.29, 0.717) is 12.3 Å². The summed E-state index contributed by atoms with van der Waals surface area (Å²) in [7, 11) is 0. The van der Waals surface area contributed by atoms with Crippen molar-refractivity contribution in [2.24, 2.45) is 17.1 Å². The minimum atomic E-state index is -0.0590. The van der Waals surface area contributed by atoms with E-state index < -0.39 is 0 Å². The number of amides is 2. The highest BCUT2D eigenvalue weighted by Crippen LogP contribution is 2.20. The molecule has 0 radical (unpaired) electrons. The van der Waals surface area contributed by atoms with Gasteiger partial charge >= 0.3 is 0 Å². The van der Waals surface area contributed by atoms with Gasteiger partial charge in [0.15, 0.2) is 0 Å². The third-order valence-corrected chi connectivity index (χ3v) is 3.76. The van der Waals surface area contributed by atoms with Crippen LogP contribution in [0, 0.1) is 11.3 Å². The van der Waals surface area contributed by atoms with E-state index in [1.54, 1.807) is 0 Å². The van der Waals surface area contributed by atoms with Crippen molar-refractivity contribution in [2.45, 2.75) is 53.0 Å². The summed E-state index contributed by atoms with van der Waals surface area (Å²) in [6.07, 6.45) is 2.35. The maximum Gasteiger partial charge on any atom is 0.241 e. The SMILES string of the molecule is CC(N)C1CCN(C(=O)CNC(=O)CC(C)(C)C)CC1.Cl. The van der Waals surface area contributed by atoms with E-state index in [1.165, 1.54) is 0 Å². The van der Waals surface area contributed by atoms with Crippen molar-refractivity contribution < 1.29 is 9.59 Å². The van der Waals surface area contributed by atoms with E-state index in [1.807, 2.05) is 32.6 Å². The van der Waals surface area contributed by atoms with Gasteiger partial charge in [-0.15, -0.1) is 12.4 Å². The molecule has 2 amide bonds. The number of carbonyl (C=O) groups is 2. The van der Waals surface area contributed by atoms with Gasteiger partial charge < -0.3 is 16.0 Å². The Morgan fingerprint density at radius 3 is 2.24 bits per heavy atom. The van der Waals surface area contributed by atoms with Gasteiger partial charge in [-0.25, -0.2) is 0 Å². The van der Waals surface area contributed by atoms with Crippen molar-refractivity contribution in [3.8, 4) is 0 Å². The van der Waals surface area contributed by atoms with E-state index >= 15 is 0 Å². The molecule has 1 fully saturated rings. The van der Waals surface area contributed by atoms with Gasteiger partial charge in [0, 0.05) is 25.6 Å². The standard InChI is InChI=1S/C15H29N3O2.ClH/c1-11(16)12-5-7-18(8-6-12)14(20)10-17-13(19)9-15(2,3)4;/h11-12H,5-10,16H2,1-4H3,(H,17,19);1H. The number of nitrogens with one attached hydrogen (secondary N) is 1. The average molecular weight is 320 g/mol. The van der Waals surface area contributed by atoms with E-state index in [9.17, 15) is 9.59 Å². The van der Waals surface area contributed by atoms with Crippen molar-refractivity contribution in [1.29, 1.82) is 0 Å². The first kappa shape index (κ1) is 20.2. The summed E-state index contributed by atoms with van der Waals surface area (Å²) in [5, 5.41) is 2.72. The van der Waals surface area contributed by atoms with Crippen LogP contribution in [0.15, 0.2) is 0 Å². The monoisotopic (exact) mass is 319 g/mol. The molecule has 3 N–H and O–H groups in total. The number of hydrogen-bond donors (Lipinski definition) is 2. The maximum absolute atomic E-state index is 12.0. The Balaban J connectivity index is 0.00000400. The lowest BCUT2D eigenvalue weighted by molar-refractivity contribution is -0.134. The summed E-state index contributed by atoms with van der Waals surface area (Å²) in [6.45, 7) is 9.65. The fourth-order valence-corrected chi connectivity index (χ4v) is 2.50. The number of halogens is 1. The fraction of sp³-hybridized carbons (Fsp3) is 0.867. The number of nitrogens with two attached hydrogens (primary N) is 1. The molecule has 1 atom stereocenters. The molecular weight excluding hydrogens is 290 g/mol. The Bertz CT molecular complexity index is 345. The topological polar surface area (TPSA) is 75.4 Å². The lowest BCUT2D eigenvalue weighted by Gasteiger charge is -2.33. The molecule has 0 saturated carbocycles. The second-order valence-electron chi connectivity index (χ2n) is 7.09. The predicted octanol–water partition coefficient (Wildman–Crippen LogP) is 1.55. The maximum atomic E-state index is 12.0. The van der Waals surface area contributed by atoms with E-state index in [2.05, 4.69) is 5.32 Å². The smallest absolute Gasteiger partial charge is 0.241 e. The molecule has 0 bridgehead atoms. The van der Waals surface area contributed by atoms with Crippen molar-refractivity contribution in [2.75, 3.05) is 19.6 Å². The fourth-order valence-electron chi connectivity index (χ4n) is 2.50. The molecule has 0 aliphatic carbocycles. The van der Waals surface area contributed by atoms with Gasteiger partial charge in [0.25, 0.3) is 0 Å². The van der Waals surface area contributed by atoms with Gasteiger partial charge in [-0.05, 0) is 31.1 Å². The van der Waals surface area contributed by atoms with Gasteiger partial charge in [-0.1, -0.05) is 20.8 Å². The third kappa shape index (κ3) is 7.67. The molecule has 0 aromatic rings. The van der Waals surface area contributed by atoms with Crippen molar-refractivity contribution in [3.05, 3.63) is 0 Å². The van der Waals surface area contributed by atoms with Crippen molar-refractivity contribution in [1.82, 2.24) is 10.2 Å². The molecular formula is C15H30ClN3O2. The molecule has 1 saturated heterocycles. The van der Waals surface area contributed by atoms with Crippen LogP contribution in [-0.2, 0) is 9.59 Å². The zero-order valence-corrected chi connectivity index (χ0v) is 14.5. The Morgan fingerprint density at radius 2 is 1.81 bits per heavy atom. The first-order valence-corrected chi connectivity index (χ1v) is 7.49. The van der Waals surface area contributed by atoms with Crippen LogP contribution < -0.4 is 11.1 Å². The highest BCUT2D eigenvalue weighted by molar-refractivity contribution is 5.85. The number of likely N-dealkylation sites (tertiary alicyclic amines) is 1. The number of nitrogens with zero attached hydrogens (tertiary/aromatic N) is 1. The van der Waals surface area contributed by atoms with Gasteiger partial charge in [0.2, 0.25) is 11.8 Å². The molecule has 5 nitrogen and oxygen atoms in total. The quantitative estimate of drug-likeness (QED) is 0.825. The number of hydrogen-bond acceptors (Lipinski definition) is 3. The second kappa shape index (κ2) is 8.59. The minimum Gasteiger partial charge on any atom is -0.347 e. The minimum absolute atomic E-state index is 0. The van der Waals surface area contributed by atoms with E-state index in [4.69, 9.17) is 5.73 Å². The van der Waals surface area contributed by atoms with Crippen molar-refractivity contribution >= 4 is 24.2 Å². The molecule has 0 aromatic carbocycles. The summed E-state index contributed by atoms with van der Waals surface area (Å²) in [6, 6.07) is 0.193. The van der Waals surface area contributed by atoms with Crippen LogP contribution in [0.3, 0.4) is 0 Å². The summed E-state index contributed by atoms with van der Waals surface area (Å²) in [4.78, 5) is 25.5. The third-order valence-electron chi connectivity index (χ3n) is 3.76. The molecule has 0 aromatic heterocycles. The van der Waals surface area contributed by atoms with Crippen LogP contribution in [0.5, 0.6) is 0 Å². The second-order valence-corrected chi connectivity index (χ2v) is 7.09. The van der Waals surface area contributed by atoms with Crippen molar-refractivity contribution in [3.63, 3.8) is 0 Å². The van der Waals surface area contributed by atoms with Gasteiger partial charge in [-0.3, -0.25) is 9.59 Å². The highest BCUT2D eigenvalue weighted by Gasteiger charge is 2.25. The molecule has 1 heterocycles. The Labute approximate surface area is 134 Å². The first-order chi connectivity index (χ1) is 9.19. The Morgan fingerprint density at radius 1 is 1.29 bits per heavy atom. The predicted molar refractivity (Wildman–Crippen MR) is 87.3 cm³/mol. The molecule has 1 aliphatic rings. The largest absolute Gasteiger partial charge is 0.347 e. The van der Waals surface area contributed by atoms with Crippen LogP contribution in [-0.4, -0.2) is 42.4 Å². The average Bonchev–Trinajstić information content (AvgIpc) is 2.34. The Kier molecular flexibility index (Phi) is 8.26. The number of carbonyl (C=O) groups excluding carboxylic acids is 2. The molecule has 1 aliphatic heterocycles. The van der Waals surface area contributed by atoms with Crippen LogP contribution in [0.1, 0.15) is 47.0 Å². The normalized spacial score (nSPS) is 17.9. The molecule has 0 spiro atoms. The molecule has 124 valence electrons. The van der Waals surface area contributed by atoms with Gasteiger partial charge in [-0.2, -0.15) is 0 Å².